The highest BCUT2D eigenvalue weighted by Crippen LogP contribution is 2.12. The Morgan fingerprint density at radius 1 is 1.06 bits per heavy atom. The van der Waals surface area contributed by atoms with Crippen molar-refractivity contribution in [2.24, 2.45) is 0 Å². The number of hydrogen-bond donors (Lipinski definition) is 1. The van der Waals surface area contributed by atoms with Gasteiger partial charge in [-0.2, -0.15) is 0 Å². The number of ether oxygens (including phenoxy) is 1. The molecule has 0 radical (unpaired) electrons. The first-order valence-electron chi connectivity index (χ1n) is 6.26. The average molecular weight is 242 g/mol. The standard InChI is InChI=1S/C15H18N2O/c1-2-11-16-15-10-6-7-13(17-15)12-18-14-8-4-3-5-9-14/h3-10H,2,11-12H2,1H3,(H,16,17). The third-order valence-corrected chi connectivity index (χ3v) is 2.49. The van der Waals surface area contributed by atoms with E-state index in [4.69, 9.17) is 4.74 Å². The van der Waals surface area contributed by atoms with Crippen LogP contribution in [0.25, 0.3) is 0 Å². The van der Waals surface area contributed by atoms with Gasteiger partial charge in [-0.3, -0.25) is 0 Å². The topological polar surface area (TPSA) is 34.1 Å². The molecule has 0 aliphatic rings. The van der Waals surface area contributed by atoms with Gasteiger partial charge in [0.15, 0.2) is 0 Å². The van der Waals surface area contributed by atoms with Crippen molar-refractivity contribution in [2.45, 2.75) is 20.0 Å². The molecule has 2 rings (SSSR count). The number of nitrogens with one attached hydrogen (secondary N) is 1. The van der Waals surface area contributed by atoms with Crippen molar-refractivity contribution >= 4 is 5.82 Å². The van der Waals surface area contributed by atoms with Crippen molar-refractivity contribution in [2.75, 3.05) is 11.9 Å². The first-order valence-corrected chi connectivity index (χ1v) is 6.26. The summed E-state index contributed by atoms with van der Waals surface area (Å²) in [6.45, 7) is 3.57. The molecule has 1 N–H and O–H groups in total. The van der Waals surface area contributed by atoms with Crippen LogP contribution in [0.1, 0.15) is 19.0 Å². The van der Waals surface area contributed by atoms with Gasteiger partial charge in [-0.1, -0.05) is 31.2 Å². The highest BCUT2D eigenvalue weighted by atomic mass is 16.5. The molecule has 0 spiro atoms. The molecule has 94 valence electrons. The van der Waals surface area contributed by atoms with Gasteiger partial charge in [-0.25, -0.2) is 4.98 Å². The molecule has 3 nitrogen and oxygen atoms in total. The normalized spacial score (nSPS) is 10.1. The highest BCUT2D eigenvalue weighted by Gasteiger charge is 1.98. The Kier molecular flexibility index (Phi) is 4.59. The van der Waals surface area contributed by atoms with Gasteiger partial charge < -0.3 is 10.1 Å². The molecule has 2 aromatic rings. The van der Waals surface area contributed by atoms with Crippen molar-refractivity contribution in [3.8, 4) is 5.75 Å². The largest absolute Gasteiger partial charge is 0.487 e. The maximum Gasteiger partial charge on any atom is 0.130 e. The van der Waals surface area contributed by atoms with E-state index in [1.165, 1.54) is 0 Å². The fourth-order valence-electron chi connectivity index (χ4n) is 1.59. The molecule has 0 aliphatic heterocycles. The van der Waals surface area contributed by atoms with E-state index in [1.54, 1.807) is 0 Å². The summed E-state index contributed by atoms with van der Waals surface area (Å²) in [7, 11) is 0. The summed E-state index contributed by atoms with van der Waals surface area (Å²) in [5, 5.41) is 3.27. The maximum atomic E-state index is 5.66. The van der Waals surface area contributed by atoms with Crippen molar-refractivity contribution in [1.82, 2.24) is 4.98 Å². The molecule has 0 unspecified atom stereocenters. The second-order valence-corrected chi connectivity index (χ2v) is 4.04. The van der Waals surface area contributed by atoms with Crippen LogP contribution in [-0.2, 0) is 6.61 Å². The number of aromatic nitrogens is 1. The van der Waals surface area contributed by atoms with Crippen LogP contribution in [0.5, 0.6) is 5.75 Å². The zero-order valence-corrected chi connectivity index (χ0v) is 10.6. The number of hydrogen-bond acceptors (Lipinski definition) is 3. The van der Waals surface area contributed by atoms with Crippen LogP contribution >= 0.6 is 0 Å². The molecule has 0 saturated carbocycles. The number of rotatable bonds is 6. The predicted octanol–water partition coefficient (Wildman–Crippen LogP) is 3.48. The molecule has 3 heteroatoms. The summed E-state index contributed by atoms with van der Waals surface area (Å²) in [6.07, 6.45) is 1.09. The van der Waals surface area contributed by atoms with E-state index < -0.39 is 0 Å². The van der Waals surface area contributed by atoms with Crippen LogP contribution in [0.15, 0.2) is 48.5 Å². The van der Waals surface area contributed by atoms with Gasteiger partial charge in [-0.05, 0) is 30.7 Å². The van der Waals surface area contributed by atoms with Crippen LogP contribution < -0.4 is 10.1 Å². The van der Waals surface area contributed by atoms with E-state index in [0.29, 0.717) is 6.61 Å². The van der Waals surface area contributed by atoms with Crippen molar-refractivity contribution < 1.29 is 4.74 Å². The molecule has 0 fully saturated rings. The van der Waals surface area contributed by atoms with E-state index in [1.807, 2.05) is 48.5 Å². The predicted molar refractivity (Wildman–Crippen MR) is 73.8 cm³/mol. The Balaban J connectivity index is 1.93. The molecule has 1 heterocycles. The van der Waals surface area contributed by atoms with E-state index in [-0.39, 0.29) is 0 Å². The Morgan fingerprint density at radius 2 is 1.89 bits per heavy atom. The Labute approximate surface area is 108 Å². The fraction of sp³-hybridized carbons (Fsp3) is 0.267. The zero-order chi connectivity index (χ0) is 12.6. The van der Waals surface area contributed by atoms with Crippen LogP contribution in [-0.4, -0.2) is 11.5 Å². The molecular formula is C15H18N2O. The lowest BCUT2D eigenvalue weighted by Crippen LogP contribution is -2.04. The Morgan fingerprint density at radius 3 is 2.67 bits per heavy atom. The minimum absolute atomic E-state index is 0.492. The molecule has 0 bridgehead atoms. The summed E-state index contributed by atoms with van der Waals surface area (Å²) in [4.78, 5) is 4.49. The van der Waals surface area contributed by atoms with Crippen molar-refractivity contribution in [3.63, 3.8) is 0 Å². The van der Waals surface area contributed by atoms with Crippen LogP contribution in [0.4, 0.5) is 5.82 Å². The van der Waals surface area contributed by atoms with Crippen molar-refractivity contribution in [1.29, 1.82) is 0 Å². The number of nitrogens with zero attached hydrogens (tertiary/aromatic N) is 1. The number of anilines is 1. The minimum Gasteiger partial charge on any atom is -0.487 e. The number of pyridine rings is 1. The fourth-order valence-corrected chi connectivity index (χ4v) is 1.59. The summed E-state index contributed by atoms with van der Waals surface area (Å²) in [6, 6.07) is 15.7. The van der Waals surface area contributed by atoms with Crippen LogP contribution in [0.2, 0.25) is 0 Å². The smallest absolute Gasteiger partial charge is 0.130 e. The lowest BCUT2D eigenvalue weighted by Gasteiger charge is -2.08. The summed E-state index contributed by atoms with van der Waals surface area (Å²) in [5.74, 6) is 1.78. The average Bonchev–Trinajstić information content (AvgIpc) is 2.44. The van der Waals surface area contributed by atoms with Gasteiger partial charge in [0.1, 0.15) is 18.2 Å². The molecule has 0 amide bonds. The summed E-state index contributed by atoms with van der Waals surface area (Å²) in [5.41, 5.74) is 0.931. The number of benzene rings is 1. The molecule has 1 aromatic heterocycles. The van der Waals surface area contributed by atoms with Gasteiger partial charge in [0.2, 0.25) is 0 Å². The lowest BCUT2D eigenvalue weighted by molar-refractivity contribution is 0.301. The van der Waals surface area contributed by atoms with Gasteiger partial charge >= 0.3 is 0 Å². The minimum atomic E-state index is 0.492. The Hall–Kier alpha value is -2.03. The van der Waals surface area contributed by atoms with Crippen LogP contribution in [0.3, 0.4) is 0 Å². The quantitative estimate of drug-likeness (QED) is 0.842. The van der Waals surface area contributed by atoms with Crippen LogP contribution in [0, 0.1) is 0 Å². The second-order valence-electron chi connectivity index (χ2n) is 4.04. The molecular weight excluding hydrogens is 224 g/mol. The zero-order valence-electron chi connectivity index (χ0n) is 10.6. The number of para-hydroxylation sites is 1. The first-order chi connectivity index (χ1) is 8.88. The third-order valence-electron chi connectivity index (χ3n) is 2.49. The van der Waals surface area contributed by atoms with E-state index in [2.05, 4.69) is 17.2 Å². The SMILES string of the molecule is CCCNc1cccc(COc2ccccc2)n1. The third kappa shape index (κ3) is 3.77. The van der Waals surface area contributed by atoms with Gasteiger partial charge in [0, 0.05) is 6.54 Å². The van der Waals surface area contributed by atoms with Gasteiger partial charge in [0.25, 0.3) is 0 Å². The lowest BCUT2D eigenvalue weighted by atomic mass is 10.3. The molecule has 0 saturated heterocycles. The summed E-state index contributed by atoms with van der Waals surface area (Å²) >= 11 is 0. The molecule has 18 heavy (non-hydrogen) atoms. The molecule has 0 aliphatic carbocycles. The van der Waals surface area contributed by atoms with Crippen molar-refractivity contribution in [3.05, 3.63) is 54.2 Å². The Bertz CT molecular complexity index is 471. The monoisotopic (exact) mass is 242 g/mol. The van der Waals surface area contributed by atoms with Gasteiger partial charge in [0.05, 0.1) is 5.69 Å². The molecule has 0 atom stereocenters. The first kappa shape index (κ1) is 12.4. The van der Waals surface area contributed by atoms with E-state index in [9.17, 15) is 0 Å². The highest BCUT2D eigenvalue weighted by molar-refractivity contribution is 5.35. The summed E-state index contributed by atoms with van der Waals surface area (Å²) < 4.78 is 5.66. The van der Waals surface area contributed by atoms with E-state index >= 15 is 0 Å². The van der Waals surface area contributed by atoms with Gasteiger partial charge in [-0.15, -0.1) is 0 Å². The molecule has 1 aromatic carbocycles. The maximum absolute atomic E-state index is 5.66. The van der Waals surface area contributed by atoms with E-state index in [0.717, 1.165) is 30.2 Å². The second kappa shape index (κ2) is 6.64.